The molecule has 3 atom stereocenters. The van der Waals surface area contributed by atoms with Crippen LogP contribution in [-0.2, 0) is 12.6 Å². The standard InChI is InChI=1S/C26H30ClF3N6O3/c1-34-7-2-3-16(34)13-39-25-32-22-18(23(33-25)36-12-14-4-5-15(36)11-31-14)6-8-35(24(22)38)20-10-17(37)9-19(27)21(20)26(28,29)30/h9-10,14-16,31,37H,2-8,11-13H2,1H3/t14?,15?,16-/m0/s1. The molecule has 39 heavy (non-hydrogen) atoms. The second kappa shape index (κ2) is 9.97. The zero-order valence-electron chi connectivity index (χ0n) is 21.5. The largest absolute Gasteiger partial charge is 0.508 e. The van der Waals surface area contributed by atoms with Crippen LogP contribution >= 0.6 is 11.6 Å². The molecule has 4 saturated heterocycles. The molecule has 2 unspecified atom stereocenters. The molecular formula is C26H30ClF3N6O3. The van der Waals surface area contributed by atoms with Crippen molar-refractivity contribution >= 4 is 29.0 Å². The average Bonchev–Trinajstić information content (AvgIpc) is 3.31. The average molecular weight is 567 g/mol. The molecule has 5 aliphatic rings. The van der Waals surface area contributed by atoms with Gasteiger partial charge in [0.2, 0.25) is 0 Å². The Bertz CT molecular complexity index is 1290. The first-order chi connectivity index (χ1) is 18.6. The number of rotatable bonds is 5. The van der Waals surface area contributed by atoms with E-state index in [9.17, 15) is 23.1 Å². The second-order valence-electron chi connectivity index (χ2n) is 10.8. The van der Waals surface area contributed by atoms with Gasteiger partial charge >= 0.3 is 12.2 Å². The summed E-state index contributed by atoms with van der Waals surface area (Å²) in [6.07, 6.45) is -0.520. The third-order valence-corrected chi connectivity index (χ3v) is 8.62. The summed E-state index contributed by atoms with van der Waals surface area (Å²) in [5.74, 6) is -0.564. The molecule has 9 nitrogen and oxygen atoms in total. The molecule has 0 aliphatic carbocycles. The number of phenolic OH excluding ortho intramolecular Hbond substituents is 1. The van der Waals surface area contributed by atoms with E-state index >= 15 is 0 Å². The van der Waals surface area contributed by atoms with Crippen LogP contribution < -0.4 is 19.9 Å². The highest BCUT2D eigenvalue weighted by atomic mass is 35.5. The zero-order chi connectivity index (χ0) is 27.5. The van der Waals surface area contributed by atoms with E-state index in [-0.39, 0.29) is 36.8 Å². The number of phenols is 1. The molecule has 1 aromatic carbocycles. The van der Waals surface area contributed by atoms with Crippen molar-refractivity contribution in [1.82, 2.24) is 20.2 Å². The summed E-state index contributed by atoms with van der Waals surface area (Å²) >= 11 is 5.91. The van der Waals surface area contributed by atoms with Crippen molar-refractivity contribution in [2.75, 3.05) is 49.6 Å². The number of alkyl halides is 3. The van der Waals surface area contributed by atoms with Crippen LogP contribution in [-0.4, -0.2) is 83.8 Å². The predicted molar refractivity (Wildman–Crippen MR) is 139 cm³/mol. The highest BCUT2D eigenvalue weighted by molar-refractivity contribution is 6.32. The van der Waals surface area contributed by atoms with Crippen LogP contribution in [0.15, 0.2) is 12.1 Å². The number of nitrogens with one attached hydrogen (secondary N) is 1. The van der Waals surface area contributed by atoms with Crippen molar-refractivity contribution in [3.63, 3.8) is 0 Å². The molecule has 1 amide bonds. The number of nitrogens with zero attached hydrogens (tertiary/aromatic N) is 5. The maximum atomic E-state index is 14.0. The number of aromatic hydroxyl groups is 1. The van der Waals surface area contributed by atoms with Gasteiger partial charge in [-0.2, -0.15) is 23.1 Å². The van der Waals surface area contributed by atoms with Gasteiger partial charge in [-0.15, -0.1) is 0 Å². The van der Waals surface area contributed by atoms with E-state index in [1.54, 1.807) is 0 Å². The number of benzene rings is 1. The molecule has 4 fully saturated rings. The fourth-order valence-electron chi connectivity index (χ4n) is 6.24. The Morgan fingerprint density at radius 1 is 1.21 bits per heavy atom. The van der Waals surface area contributed by atoms with Gasteiger partial charge < -0.3 is 29.9 Å². The van der Waals surface area contributed by atoms with Gasteiger partial charge in [0.15, 0.2) is 0 Å². The number of anilines is 2. The van der Waals surface area contributed by atoms with Gasteiger partial charge in [0.25, 0.3) is 5.91 Å². The Labute approximate surface area is 228 Å². The lowest BCUT2D eigenvalue weighted by Crippen LogP contribution is -2.61. The Kier molecular flexibility index (Phi) is 6.75. The second-order valence-corrected chi connectivity index (χ2v) is 11.2. The number of ether oxygens (including phenoxy) is 1. The fourth-order valence-corrected chi connectivity index (χ4v) is 6.56. The molecule has 2 bridgehead atoms. The van der Waals surface area contributed by atoms with Gasteiger partial charge in [-0.3, -0.25) is 4.79 Å². The number of likely N-dealkylation sites (N-methyl/N-ethyl adjacent to an activating group) is 1. The number of halogens is 4. The summed E-state index contributed by atoms with van der Waals surface area (Å²) in [6, 6.07) is 2.47. The van der Waals surface area contributed by atoms with E-state index in [1.165, 1.54) is 0 Å². The number of piperazine rings is 1. The van der Waals surface area contributed by atoms with Crippen LogP contribution in [0.25, 0.3) is 0 Å². The number of hydrogen-bond donors (Lipinski definition) is 2. The van der Waals surface area contributed by atoms with Gasteiger partial charge in [0, 0.05) is 49.4 Å². The molecule has 2 N–H and O–H groups in total. The summed E-state index contributed by atoms with van der Waals surface area (Å²) in [5.41, 5.74) is -1.05. The van der Waals surface area contributed by atoms with E-state index < -0.39 is 34.1 Å². The van der Waals surface area contributed by atoms with Crippen LogP contribution in [0, 0.1) is 0 Å². The highest BCUT2D eigenvalue weighted by Crippen LogP contribution is 2.45. The topological polar surface area (TPSA) is 94.1 Å². The SMILES string of the molecule is CN1CCC[C@H]1COc1nc2c(c(N3CC4CCC3CN4)n1)CCN(c1cc(O)cc(Cl)c1C(F)(F)F)C2=O. The predicted octanol–water partition coefficient (Wildman–Crippen LogP) is 3.47. The molecule has 7 rings (SSSR count). The van der Waals surface area contributed by atoms with Gasteiger partial charge in [-0.1, -0.05) is 11.6 Å². The molecule has 0 saturated carbocycles. The fraction of sp³-hybridized carbons (Fsp3) is 0.577. The number of aromatic nitrogens is 2. The first kappa shape index (κ1) is 26.4. The van der Waals surface area contributed by atoms with Crippen LogP contribution in [0.5, 0.6) is 11.8 Å². The summed E-state index contributed by atoms with van der Waals surface area (Å²) in [7, 11) is 2.03. The van der Waals surface area contributed by atoms with Crippen LogP contribution in [0.3, 0.4) is 0 Å². The minimum absolute atomic E-state index is 0.0167. The molecule has 1 aromatic heterocycles. The first-order valence-electron chi connectivity index (χ1n) is 13.3. The van der Waals surface area contributed by atoms with Crippen molar-refractivity contribution in [1.29, 1.82) is 0 Å². The Morgan fingerprint density at radius 3 is 2.67 bits per heavy atom. The van der Waals surface area contributed by atoms with E-state index in [0.29, 0.717) is 24.0 Å². The van der Waals surface area contributed by atoms with Crippen molar-refractivity contribution in [2.45, 2.75) is 56.4 Å². The van der Waals surface area contributed by atoms with E-state index in [1.807, 2.05) is 7.05 Å². The molecule has 5 aliphatic heterocycles. The summed E-state index contributed by atoms with van der Waals surface area (Å²) < 4.78 is 48.0. The minimum atomic E-state index is -4.83. The monoisotopic (exact) mass is 566 g/mol. The Balaban J connectivity index is 1.40. The van der Waals surface area contributed by atoms with Crippen LogP contribution in [0.2, 0.25) is 5.02 Å². The Hall–Kier alpha value is -2.83. The molecule has 13 heteroatoms. The van der Waals surface area contributed by atoms with Crippen molar-refractivity contribution < 1.29 is 27.8 Å². The lowest BCUT2D eigenvalue weighted by Gasteiger charge is -2.47. The smallest absolute Gasteiger partial charge is 0.419 e. The molecule has 0 radical (unpaired) electrons. The third kappa shape index (κ3) is 4.87. The van der Waals surface area contributed by atoms with E-state index in [0.717, 1.165) is 62.4 Å². The van der Waals surface area contributed by atoms with Gasteiger partial charge in [0.1, 0.15) is 23.9 Å². The number of carbonyl (C=O) groups is 1. The summed E-state index contributed by atoms with van der Waals surface area (Å²) in [4.78, 5) is 28.4. The minimum Gasteiger partial charge on any atom is -0.508 e. The lowest BCUT2D eigenvalue weighted by atomic mass is 9.92. The van der Waals surface area contributed by atoms with Crippen LogP contribution in [0.4, 0.5) is 24.7 Å². The zero-order valence-corrected chi connectivity index (χ0v) is 22.2. The van der Waals surface area contributed by atoms with Gasteiger partial charge in [-0.25, -0.2) is 0 Å². The number of hydrogen-bond acceptors (Lipinski definition) is 8. The molecule has 2 aromatic rings. The number of likely N-dealkylation sites (tertiary alicyclic amines) is 1. The van der Waals surface area contributed by atoms with E-state index in [4.69, 9.17) is 21.3 Å². The summed E-state index contributed by atoms with van der Waals surface area (Å²) in [5, 5.41) is 12.9. The van der Waals surface area contributed by atoms with Crippen molar-refractivity contribution in [2.24, 2.45) is 0 Å². The maximum absolute atomic E-state index is 14.0. The number of amides is 1. The highest BCUT2D eigenvalue weighted by Gasteiger charge is 2.43. The maximum Gasteiger partial charge on any atom is 0.419 e. The summed E-state index contributed by atoms with van der Waals surface area (Å²) in [6.45, 7) is 2.79. The quantitative estimate of drug-likeness (QED) is 0.568. The first-order valence-corrected chi connectivity index (χ1v) is 13.6. The van der Waals surface area contributed by atoms with Crippen molar-refractivity contribution in [3.05, 3.63) is 34.0 Å². The lowest BCUT2D eigenvalue weighted by molar-refractivity contribution is -0.137. The number of carbonyl (C=O) groups excluding carboxylic acids is 1. The van der Waals surface area contributed by atoms with Gasteiger partial charge in [0.05, 0.1) is 16.3 Å². The molecular weight excluding hydrogens is 537 g/mol. The molecule has 6 heterocycles. The number of piperidine rings is 2. The number of fused-ring (bicyclic) bond motifs is 4. The van der Waals surface area contributed by atoms with Crippen molar-refractivity contribution in [3.8, 4) is 11.8 Å². The normalized spacial score (nSPS) is 25.4. The molecule has 210 valence electrons. The Morgan fingerprint density at radius 2 is 2.03 bits per heavy atom. The van der Waals surface area contributed by atoms with Gasteiger partial charge in [-0.05, 0) is 51.8 Å². The van der Waals surface area contributed by atoms with E-state index in [2.05, 4.69) is 20.1 Å². The third-order valence-electron chi connectivity index (χ3n) is 8.32. The van der Waals surface area contributed by atoms with Crippen LogP contribution in [0.1, 0.15) is 47.3 Å². The molecule has 0 spiro atoms.